The highest BCUT2D eigenvalue weighted by atomic mass is 16.2. The Hall–Kier alpha value is -2.04. The van der Waals surface area contributed by atoms with Gasteiger partial charge in [0.05, 0.1) is 6.04 Å². The van der Waals surface area contributed by atoms with Gasteiger partial charge >= 0.3 is 0 Å². The number of benzene rings is 1. The van der Waals surface area contributed by atoms with E-state index in [1.807, 2.05) is 25.1 Å². The fourth-order valence-corrected chi connectivity index (χ4v) is 1.64. The molecule has 20 heavy (non-hydrogen) atoms. The topological polar surface area (TPSA) is 56.7 Å². The van der Waals surface area contributed by atoms with Crippen LogP contribution in [-0.2, 0) is 4.79 Å². The van der Waals surface area contributed by atoms with Crippen molar-refractivity contribution in [1.29, 1.82) is 0 Å². The summed E-state index contributed by atoms with van der Waals surface area (Å²) in [5.74, 6) is 0.633. The first-order chi connectivity index (χ1) is 9.54. The maximum atomic E-state index is 11.6. The third-order valence-corrected chi connectivity index (χ3v) is 2.87. The van der Waals surface area contributed by atoms with Gasteiger partial charge in [-0.15, -0.1) is 0 Å². The fourth-order valence-electron chi connectivity index (χ4n) is 1.64. The van der Waals surface area contributed by atoms with Gasteiger partial charge in [0.25, 0.3) is 0 Å². The monoisotopic (exact) mass is 276 g/mol. The number of hydrogen-bond donors (Lipinski definition) is 2. The van der Waals surface area contributed by atoms with Crippen molar-refractivity contribution < 1.29 is 4.79 Å². The zero-order valence-electron chi connectivity index (χ0n) is 12.7. The second-order valence-electron chi connectivity index (χ2n) is 4.76. The van der Waals surface area contributed by atoms with E-state index in [9.17, 15) is 4.79 Å². The Bertz CT molecular complexity index is 442. The molecular formula is C15H24N4O. The van der Waals surface area contributed by atoms with Gasteiger partial charge in [-0.3, -0.25) is 4.79 Å². The van der Waals surface area contributed by atoms with E-state index in [4.69, 9.17) is 0 Å². The molecular weight excluding hydrogens is 252 g/mol. The second-order valence-corrected chi connectivity index (χ2v) is 4.76. The quantitative estimate of drug-likeness (QED) is 0.631. The summed E-state index contributed by atoms with van der Waals surface area (Å²) in [6.45, 7) is 4.96. The summed E-state index contributed by atoms with van der Waals surface area (Å²) in [6.07, 6.45) is 0. The lowest BCUT2D eigenvalue weighted by Gasteiger charge is -2.18. The first kappa shape index (κ1) is 16.0. The van der Waals surface area contributed by atoms with E-state index >= 15 is 0 Å². The van der Waals surface area contributed by atoms with Crippen LogP contribution in [-0.4, -0.2) is 44.0 Å². The van der Waals surface area contributed by atoms with Crippen LogP contribution in [0, 0.1) is 0 Å². The number of aliphatic imine (C=N–C) groups is 1. The number of amides is 1. The van der Waals surface area contributed by atoms with E-state index in [1.165, 1.54) is 10.5 Å². The molecule has 1 atom stereocenters. The van der Waals surface area contributed by atoms with Gasteiger partial charge in [0.2, 0.25) is 5.91 Å². The summed E-state index contributed by atoms with van der Waals surface area (Å²) in [4.78, 5) is 17.4. The van der Waals surface area contributed by atoms with Crippen molar-refractivity contribution in [2.75, 3.05) is 27.2 Å². The molecule has 1 amide bonds. The van der Waals surface area contributed by atoms with Crippen molar-refractivity contribution in [3.05, 3.63) is 35.9 Å². The van der Waals surface area contributed by atoms with Gasteiger partial charge in [-0.1, -0.05) is 30.3 Å². The smallest absolute Gasteiger partial charge is 0.243 e. The first-order valence-electron chi connectivity index (χ1n) is 6.84. The van der Waals surface area contributed by atoms with E-state index in [1.54, 1.807) is 14.1 Å². The average molecular weight is 276 g/mol. The lowest BCUT2D eigenvalue weighted by molar-refractivity contribution is -0.127. The van der Waals surface area contributed by atoms with Crippen molar-refractivity contribution in [3.63, 3.8) is 0 Å². The molecule has 0 aliphatic rings. The van der Waals surface area contributed by atoms with E-state index < -0.39 is 0 Å². The number of carbonyl (C=O) groups excluding carboxylic acids is 1. The van der Waals surface area contributed by atoms with Crippen LogP contribution in [0.5, 0.6) is 0 Å². The van der Waals surface area contributed by atoms with Gasteiger partial charge in [0.1, 0.15) is 6.54 Å². The molecule has 1 aromatic carbocycles. The Kier molecular flexibility index (Phi) is 6.56. The van der Waals surface area contributed by atoms with Crippen LogP contribution in [0.3, 0.4) is 0 Å². The number of likely N-dealkylation sites (N-methyl/N-ethyl adjacent to an activating group) is 1. The highest BCUT2D eigenvalue weighted by molar-refractivity contribution is 5.84. The zero-order valence-corrected chi connectivity index (χ0v) is 12.7. The molecule has 1 rings (SSSR count). The highest BCUT2D eigenvalue weighted by Crippen LogP contribution is 2.10. The summed E-state index contributed by atoms with van der Waals surface area (Å²) in [6, 6.07) is 10.3. The van der Waals surface area contributed by atoms with Gasteiger partial charge < -0.3 is 15.5 Å². The molecule has 2 N–H and O–H groups in total. The Morgan fingerprint density at radius 3 is 2.50 bits per heavy atom. The standard InChI is InChI=1S/C15H24N4O/c1-5-16-15(17-11-14(20)19(3)4)18-12(2)13-9-7-6-8-10-13/h6-10,12H,5,11H2,1-4H3,(H2,16,17,18). The Balaban J connectivity index is 2.67. The van der Waals surface area contributed by atoms with Crippen molar-refractivity contribution in [2.45, 2.75) is 19.9 Å². The number of guanidine groups is 1. The predicted molar refractivity (Wildman–Crippen MR) is 82.7 cm³/mol. The van der Waals surface area contributed by atoms with Gasteiger partial charge in [-0.05, 0) is 19.4 Å². The zero-order chi connectivity index (χ0) is 15.0. The van der Waals surface area contributed by atoms with Crippen LogP contribution in [0.15, 0.2) is 35.3 Å². The summed E-state index contributed by atoms with van der Waals surface area (Å²) < 4.78 is 0. The molecule has 5 heteroatoms. The van der Waals surface area contributed by atoms with Crippen LogP contribution < -0.4 is 10.6 Å². The van der Waals surface area contributed by atoms with Crippen LogP contribution in [0.1, 0.15) is 25.5 Å². The van der Waals surface area contributed by atoms with Crippen molar-refractivity contribution in [3.8, 4) is 0 Å². The molecule has 0 spiro atoms. The van der Waals surface area contributed by atoms with Gasteiger partial charge in [0.15, 0.2) is 5.96 Å². The number of nitrogens with one attached hydrogen (secondary N) is 2. The Morgan fingerprint density at radius 2 is 1.95 bits per heavy atom. The molecule has 1 unspecified atom stereocenters. The van der Waals surface area contributed by atoms with E-state index in [0.717, 1.165) is 6.54 Å². The van der Waals surface area contributed by atoms with Crippen LogP contribution in [0.4, 0.5) is 0 Å². The minimum absolute atomic E-state index is 0.0189. The normalized spacial score (nSPS) is 12.7. The molecule has 0 aliphatic heterocycles. The molecule has 0 saturated heterocycles. The fraction of sp³-hybridized carbons (Fsp3) is 0.467. The highest BCUT2D eigenvalue weighted by Gasteiger charge is 2.08. The first-order valence-corrected chi connectivity index (χ1v) is 6.84. The summed E-state index contributed by atoms with van der Waals surface area (Å²) >= 11 is 0. The van der Waals surface area contributed by atoms with Gasteiger partial charge in [0, 0.05) is 20.6 Å². The van der Waals surface area contributed by atoms with E-state index in [0.29, 0.717) is 5.96 Å². The minimum atomic E-state index is -0.0189. The molecule has 0 saturated carbocycles. The van der Waals surface area contributed by atoms with E-state index in [2.05, 4.69) is 34.7 Å². The molecule has 0 aliphatic carbocycles. The number of hydrogen-bond acceptors (Lipinski definition) is 2. The Labute approximate surface area is 121 Å². The third kappa shape index (κ3) is 5.30. The Morgan fingerprint density at radius 1 is 1.30 bits per heavy atom. The molecule has 0 aromatic heterocycles. The SMILES string of the molecule is CCNC(=NCC(=O)N(C)C)NC(C)c1ccccc1. The third-order valence-electron chi connectivity index (χ3n) is 2.87. The predicted octanol–water partition coefficient (Wildman–Crippen LogP) is 1.39. The van der Waals surface area contributed by atoms with Gasteiger partial charge in [-0.25, -0.2) is 4.99 Å². The average Bonchev–Trinajstić information content (AvgIpc) is 2.45. The van der Waals surface area contributed by atoms with Gasteiger partial charge in [-0.2, -0.15) is 0 Å². The summed E-state index contributed by atoms with van der Waals surface area (Å²) in [7, 11) is 3.45. The van der Waals surface area contributed by atoms with Crippen molar-refractivity contribution in [2.24, 2.45) is 4.99 Å². The molecule has 0 radical (unpaired) electrons. The maximum absolute atomic E-state index is 11.6. The molecule has 0 heterocycles. The maximum Gasteiger partial charge on any atom is 0.243 e. The lowest BCUT2D eigenvalue weighted by Crippen LogP contribution is -2.39. The van der Waals surface area contributed by atoms with Crippen LogP contribution >= 0.6 is 0 Å². The summed E-state index contributed by atoms with van der Waals surface area (Å²) in [5, 5.41) is 6.44. The molecule has 110 valence electrons. The molecule has 0 fully saturated rings. The lowest BCUT2D eigenvalue weighted by atomic mass is 10.1. The molecule has 1 aromatic rings. The van der Waals surface area contributed by atoms with E-state index in [-0.39, 0.29) is 18.5 Å². The number of carbonyl (C=O) groups is 1. The molecule has 0 bridgehead atoms. The largest absolute Gasteiger partial charge is 0.357 e. The van der Waals surface area contributed by atoms with Crippen molar-refractivity contribution in [1.82, 2.24) is 15.5 Å². The second kappa shape index (κ2) is 8.19. The molecule has 5 nitrogen and oxygen atoms in total. The summed E-state index contributed by atoms with van der Waals surface area (Å²) in [5.41, 5.74) is 1.18. The van der Waals surface area contributed by atoms with Crippen LogP contribution in [0.25, 0.3) is 0 Å². The minimum Gasteiger partial charge on any atom is -0.357 e. The number of nitrogens with zero attached hydrogens (tertiary/aromatic N) is 2. The number of rotatable bonds is 5. The van der Waals surface area contributed by atoms with Crippen molar-refractivity contribution >= 4 is 11.9 Å². The van der Waals surface area contributed by atoms with Crippen LogP contribution in [0.2, 0.25) is 0 Å².